The fraction of sp³-hybridized carbons (Fsp3) is 0.545. The van der Waals surface area contributed by atoms with Gasteiger partial charge in [-0.3, -0.25) is 0 Å². The fourth-order valence-electron chi connectivity index (χ4n) is 4.58. The lowest BCUT2D eigenvalue weighted by Crippen LogP contribution is -2.53. The molecule has 2 aliphatic heterocycles. The lowest BCUT2D eigenvalue weighted by atomic mass is 10.1. The Balaban J connectivity index is 1.51. The third-order valence-corrected chi connectivity index (χ3v) is 7.30. The number of para-hydroxylation sites is 2. The Bertz CT molecular complexity index is 889. The van der Waals surface area contributed by atoms with Crippen LogP contribution in [0.25, 0.3) is 0 Å². The van der Waals surface area contributed by atoms with Crippen molar-refractivity contribution in [3.8, 4) is 0 Å². The highest BCUT2D eigenvalue weighted by Gasteiger charge is 2.31. The number of aliphatic imine (C=N–C) groups is 1. The van der Waals surface area contributed by atoms with E-state index < -0.39 is 0 Å². The van der Waals surface area contributed by atoms with Gasteiger partial charge in [-0.25, -0.2) is 9.98 Å². The van der Waals surface area contributed by atoms with Gasteiger partial charge < -0.3 is 20.3 Å². The molecule has 2 N–H and O–H groups in total. The first kappa shape index (κ1) is 19.0. The van der Waals surface area contributed by atoms with Gasteiger partial charge in [0.25, 0.3) is 0 Å². The highest BCUT2D eigenvalue weighted by molar-refractivity contribution is 7.16. The van der Waals surface area contributed by atoms with Crippen LogP contribution < -0.4 is 10.6 Å². The summed E-state index contributed by atoms with van der Waals surface area (Å²) in [5.74, 6) is 1.63. The minimum atomic E-state index is 0.411. The minimum Gasteiger partial charge on any atom is -0.385 e. The zero-order valence-electron chi connectivity index (χ0n) is 17.0. The van der Waals surface area contributed by atoms with Gasteiger partial charge in [-0.15, -0.1) is 11.3 Å². The van der Waals surface area contributed by atoms with Crippen LogP contribution in [0.1, 0.15) is 48.7 Å². The molecular formula is C22H29N5OS. The Kier molecular flexibility index (Phi) is 5.52. The number of nitrogens with one attached hydrogen (secondary N) is 2. The first-order valence-electron chi connectivity index (χ1n) is 10.7. The summed E-state index contributed by atoms with van der Waals surface area (Å²) in [4.78, 5) is 12.7. The summed E-state index contributed by atoms with van der Waals surface area (Å²) >= 11 is 1.83. The maximum Gasteiger partial charge on any atom is 0.158 e. The van der Waals surface area contributed by atoms with Gasteiger partial charge in [-0.2, -0.15) is 0 Å². The minimum absolute atomic E-state index is 0.411. The highest BCUT2D eigenvalue weighted by atomic mass is 32.1. The Hall–Kier alpha value is -1.96. The molecule has 2 fully saturated rings. The van der Waals surface area contributed by atoms with E-state index in [1.165, 1.54) is 30.7 Å². The largest absolute Gasteiger partial charge is 0.385 e. The van der Waals surface area contributed by atoms with Crippen molar-refractivity contribution in [3.63, 3.8) is 0 Å². The maximum absolute atomic E-state index is 5.30. The zero-order valence-corrected chi connectivity index (χ0v) is 17.8. The monoisotopic (exact) mass is 411 g/mol. The molecule has 5 rings (SSSR count). The topological polar surface area (TPSA) is 61.8 Å². The predicted molar refractivity (Wildman–Crippen MR) is 119 cm³/mol. The van der Waals surface area contributed by atoms with Crippen LogP contribution in [-0.2, 0) is 4.74 Å². The van der Waals surface area contributed by atoms with Gasteiger partial charge >= 0.3 is 0 Å². The molecule has 0 radical (unpaired) electrons. The molecule has 1 aromatic heterocycles. The summed E-state index contributed by atoms with van der Waals surface area (Å²) in [7, 11) is 1.77. The molecule has 3 heterocycles. The van der Waals surface area contributed by atoms with Crippen LogP contribution in [0.3, 0.4) is 0 Å². The molecule has 2 aromatic rings. The molecule has 0 spiro atoms. The number of hydrogen-bond acceptors (Lipinski definition) is 7. The molecule has 154 valence electrons. The van der Waals surface area contributed by atoms with Gasteiger partial charge in [0.2, 0.25) is 0 Å². The van der Waals surface area contributed by atoms with E-state index in [-0.39, 0.29) is 0 Å². The predicted octanol–water partition coefficient (Wildman–Crippen LogP) is 4.25. The second-order valence-corrected chi connectivity index (χ2v) is 9.20. The average Bonchev–Trinajstić information content (AvgIpc) is 3.39. The van der Waals surface area contributed by atoms with Crippen LogP contribution in [0.4, 0.5) is 16.4 Å². The van der Waals surface area contributed by atoms with Crippen LogP contribution in [0.15, 0.2) is 29.3 Å². The second kappa shape index (κ2) is 8.42. The standard InChI is InChI=1S/C22H29N5OS/c1-28-13-10-16-14-27(12-11-23-16)20-19-22(25-18-9-5-4-8-17(18)24-20)29-21(26-19)15-6-2-3-7-15/h4-5,8-9,15-16,23,25H,2-3,6-7,10-14H2,1H3/t16-/m0/s1. The quantitative estimate of drug-likeness (QED) is 0.788. The van der Waals surface area contributed by atoms with E-state index >= 15 is 0 Å². The Labute approximate surface area is 176 Å². The number of methoxy groups -OCH3 is 1. The Morgan fingerprint density at radius 2 is 2.10 bits per heavy atom. The first-order valence-corrected chi connectivity index (χ1v) is 11.6. The van der Waals surface area contributed by atoms with Crippen molar-refractivity contribution in [3.05, 3.63) is 35.0 Å². The van der Waals surface area contributed by atoms with Gasteiger partial charge in [0.15, 0.2) is 5.84 Å². The number of fused-ring (bicyclic) bond motifs is 2. The van der Waals surface area contributed by atoms with Gasteiger partial charge in [0, 0.05) is 45.3 Å². The summed E-state index contributed by atoms with van der Waals surface area (Å²) in [5, 5.41) is 9.68. The van der Waals surface area contributed by atoms with E-state index in [0.717, 1.165) is 60.6 Å². The first-order chi connectivity index (χ1) is 14.3. The van der Waals surface area contributed by atoms with Gasteiger partial charge in [0.05, 0.1) is 16.4 Å². The van der Waals surface area contributed by atoms with E-state index in [4.69, 9.17) is 14.7 Å². The lowest BCUT2D eigenvalue weighted by molar-refractivity contribution is 0.168. The van der Waals surface area contributed by atoms with Crippen molar-refractivity contribution in [2.45, 2.75) is 44.1 Å². The summed E-state index contributed by atoms with van der Waals surface area (Å²) in [5.41, 5.74) is 3.08. The molecular weight excluding hydrogens is 382 g/mol. The molecule has 1 atom stereocenters. The van der Waals surface area contributed by atoms with Crippen molar-refractivity contribution in [2.75, 3.05) is 38.7 Å². The van der Waals surface area contributed by atoms with Crippen molar-refractivity contribution in [2.24, 2.45) is 4.99 Å². The lowest BCUT2D eigenvalue weighted by Gasteiger charge is -2.35. The maximum atomic E-state index is 5.30. The summed E-state index contributed by atoms with van der Waals surface area (Å²) in [6.45, 7) is 3.61. The molecule has 0 amide bonds. The van der Waals surface area contributed by atoms with Crippen LogP contribution in [-0.4, -0.2) is 55.1 Å². The fourth-order valence-corrected chi connectivity index (χ4v) is 5.72. The number of piperazine rings is 1. The van der Waals surface area contributed by atoms with E-state index in [2.05, 4.69) is 39.8 Å². The smallest absolute Gasteiger partial charge is 0.158 e. The zero-order chi connectivity index (χ0) is 19.6. The van der Waals surface area contributed by atoms with Crippen molar-refractivity contribution < 1.29 is 4.74 Å². The molecule has 3 aliphatic rings. The van der Waals surface area contributed by atoms with Crippen LogP contribution in [0.5, 0.6) is 0 Å². The van der Waals surface area contributed by atoms with E-state index in [9.17, 15) is 0 Å². The van der Waals surface area contributed by atoms with Crippen LogP contribution >= 0.6 is 11.3 Å². The average molecular weight is 412 g/mol. The molecule has 7 heteroatoms. The van der Waals surface area contributed by atoms with Gasteiger partial charge in [-0.05, 0) is 31.4 Å². The van der Waals surface area contributed by atoms with Gasteiger partial charge in [-0.1, -0.05) is 25.0 Å². The Morgan fingerprint density at radius 1 is 1.24 bits per heavy atom. The molecule has 6 nitrogen and oxygen atoms in total. The molecule has 1 aliphatic carbocycles. The number of benzene rings is 1. The third-order valence-electron chi connectivity index (χ3n) is 6.16. The molecule has 29 heavy (non-hydrogen) atoms. The molecule has 0 unspecified atom stereocenters. The molecule has 1 saturated heterocycles. The van der Waals surface area contributed by atoms with E-state index in [1.807, 2.05) is 11.3 Å². The highest BCUT2D eigenvalue weighted by Crippen LogP contribution is 2.43. The van der Waals surface area contributed by atoms with Crippen molar-refractivity contribution in [1.29, 1.82) is 0 Å². The number of anilines is 2. The van der Waals surface area contributed by atoms with Crippen LogP contribution in [0, 0.1) is 0 Å². The number of amidine groups is 1. The van der Waals surface area contributed by atoms with Crippen LogP contribution in [0.2, 0.25) is 0 Å². The molecule has 1 saturated carbocycles. The number of aromatic nitrogens is 1. The summed E-state index contributed by atoms with van der Waals surface area (Å²) in [6.07, 6.45) is 6.19. The third kappa shape index (κ3) is 3.91. The SMILES string of the molecule is COCC[C@H]1CN(C2=Nc3ccccc3Nc3sc(C4CCCC4)nc32)CCN1. The van der Waals surface area contributed by atoms with Crippen molar-refractivity contribution in [1.82, 2.24) is 15.2 Å². The van der Waals surface area contributed by atoms with Crippen molar-refractivity contribution >= 4 is 33.5 Å². The Morgan fingerprint density at radius 3 is 2.97 bits per heavy atom. The summed E-state index contributed by atoms with van der Waals surface area (Å²) < 4.78 is 5.30. The molecule has 1 aromatic carbocycles. The number of nitrogens with zero attached hydrogens (tertiary/aromatic N) is 3. The summed E-state index contributed by atoms with van der Waals surface area (Å²) in [6, 6.07) is 8.73. The number of rotatable bonds is 4. The van der Waals surface area contributed by atoms with E-state index in [0.29, 0.717) is 12.0 Å². The number of ether oxygens (including phenoxy) is 1. The number of hydrogen-bond donors (Lipinski definition) is 2. The molecule has 0 bridgehead atoms. The van der Waals surface area contributed by atoms with E-state index in [1.54, 1.807) is 7.11 Å². The normalized spacial score (nSPS) is 21.9. The van der Waals surface area contributed by atoms with Gasteiger partial charge in [0.1, 0.15) is 10.7 Å². The number of thiazole rings is 1. The second-order valence-electron chi connectivity index (χ2n) is 8.17.